The first kappa shape index (κ1) is 16.4. The molecule has 0 N–H and O–H groups in total. The van der Waals surface area contributed by atoms with E-state index in [1.807, 2.05) is 0 Å². The van der Waals surface area contributed by atoms with Crippen LogP contribution in [0.3, 0.4) is 0 Å². The van der Waals surface area contributed by atoms with Gasteiger partial charge < -0.3 is 9.80 Å². The average molecular weight is 336 g/mol. The van der Waals surface area contributed by atoms with Gasteiger partial charge in [-0.15, -0.1) is 0 Å². The van der Waals surface area contributed by atoms with E-state index >= 15 is 0 Å². The zero-order valence-electron chi connectivity index (χ0n) is 15.4. The minimum Gasteiger partial charge on any atom is -0.338 e. The lowest BCUT2D eigenvalue weighted by Gasteiger charge is -2.36. The Kier molecular flexibility index (Phi) is 4.60. The van der Waals surface area contributed by atoms with Gasteiger partial charge in [-0.3, -0.25) is 0 Å². The minimum atomic E-state index is 0.581. The topological polar surface area (TPSA) is 32.3 Å². The van der Waals surface area contributed by atoms with E-state index in [1.54, 1.807) is 0 Å². The second kappa shape index (κ2) is 7.03. The van der Waals surface area contributed by atoms with Crippen molar-refractivity contribution in [3.05, 3.63) is 41.6 Å². The van der Waals surface area contributed by atoms with Crippen molar-refractivity contribution in [3.8, 4) is 0 Å². The molecule has 0 saturated carbocycles. The van der Waals surface area contributed by atoms with Gasteiger partial charge in [0.2, 0.25) is 5.95 Å². The Balaban J connectivity index is 1.71. The predicted molar refractivity (Wildman–Crippen MR) is 104 cm³/mol. The summed E-state index contributed by atoms with van der Waals surface area (Å²) in [7, 11) is 0. The smallest absolute Gasteiger partial charge is 0.227 e. The largest absolute Gasteiger partial charge is 0.338 e. The summed E-state index contributed by atoms with van der Waals surface area (Å²) in [6.45, 7) is 6.48. The molecule has 0 amide bonds. The molecule has 4 heteroatoms. The molecule has 0 radical (unpaired) electrons. The number of aromatic nitrogens is 2. The van der Waals surface area contributed by atoms with Gasteiger partial charge in [0.15, 0.2) is 0 Å². The number of piperidine rings is 1. The van der Waals surface area contributed by atoms with Gasteiger partial charge in [0, 0.05) is 36.6 Å². The summed E-state index contributed by atoms with van der Waals surface area (Å²) in [4.78, 5) is 14.6. The standard InChI is InChI=1S/C21H28N4/c1-3-18-11-6-7-13-24(18)21-22-16(2)15-20(23-21)25-14-8-10-17-9-4-5-12-19(17)25/h4-5,9,12,15,18H,3,6-8,10-11,13-14H2,1-2H3. The van der Waals surface area contributed by atoms with Crippen molar-refractivity contribution < 1.29 is 0 Å². The summed E-state index contributed by atoms with van der Waals surface area (Å²) in [5.74, 6) is 1.97. The number of aryl methyl sites for hydroxylation is 2. The molecule has 4 rings (SSSR count). The highest BCUT2D eigenvalue weighted by atomic mass is 15.3. The van der Waals surface area contributed by atoms with Crippen molar-refractivity contribution in [2.45, 2.75) is 58.4 Å². The van der Waals surface area contributed by atoms with Crippen molar-refractivity contribution in [1.82, 2.24) is 9.97 Å². The highest BCUT2D eigenvalue weighted by Gasteiger charge is 2.25. The molecule has 0 bridgehead atoms. The first-order valence-electron chi connectivity index (χ1n) is 9.74. The summed E-state index contributed by atoms with van der Waals surface area (Å²) in [6.07, 6.45) is 7.34. The molecule has 1 saturated heterocycles. The zero-order chi connectivity index (χ0) is 17.2. The van der Waals surface area contributed by atoms with Crippen LogP contribution in [0.15, 0.2) is 30.3 Å². The Hall–Kier alpha value is -2.10. The molecule has 25 heavy (non-hydrogen) atoms. The van der Waals surface area contributed by atoms with Crippen LogP contribution in [0.4, 0.5) is 17.5 Å². The summed E-state index contributed by atoms with van der Waals surface area (Å²) >= 11 is 0. The van der Waals surface area contributed by atoms with E-state index < -0.39 is 0 Å². The van der Waals surface area contributed by atoms with E-state index in [0.717, 1.165) is 37.0 Å². The van der Waals surface area contributed by atoms with Crippen LogP contribution < -0.4 is 9.80 Å². The molecule has 2 aliphatic rings. The molecule has 2 aliphatic heterocycles. The van der Waals surface area contributed by atoms with Crippen LogP contribution in [0.5, 0.6) is 0 Å². The summed E-state index contributed by atoms with van der Waals surface area (Å²) in [5, 5.41) is 0. The van der Waals surface area contributed by atoms with Crippen molar-refractivity contribution in [3.63, 3.8) is 0 Å². The van der Waals surface area contributed by atoms with E-state index in [-0.39, 0.29) is 0 Å². The highest BCUT2D eigenvalue weighted by molar-refractivity contribution is 5.66. The number of benzene rings is 1. The Labute approximate surface area is 150 Å². The van der Waals surface area contributed by atoms with Crippen molar-refractivity contribution in [2.75, 3.05) is 22.9 Å². The van der Waals surface area contributed by atoms with Crippen LogP contribution >= 0.6 is 0 Å². The van der Waals surface area contributed by atoms with E-state index in [4.69, 9.17) is 9.97 Å². The van der Waals surface area contributed by atoms with Gasteiger partial charge in [0.05, 0.1) is 0 Å². The lowest BCUT2D eigenvalue weighted by Crippen LogP contribution is -2.40. The highest BCUT2D eigenvalue weighted by Crippen LogP contribution is 2.34. The monoisotopic (exact) mass is 336 g/mol. The van der Waals surface area contributed by atoms with E-state index in [0.29, 0.717) is 6.04 Å². The molecule has 2 aromatic rings. The van der Waals surface area contributed by atoms with E-state index in [9.17, 15) is 0 Å². The summed E-state index contributed by atoms with van der Waals surface area (Å²) in [6, 6.07) is 11.5. The molecule has 0 spiro atoms. The van der Waals surface area contributed by atoms with Crippen molar-refractivity contribution in [1.29, 1.82) is 0 Å². The maximum Gasteiger partial charge on any atom is 0.227 e. The quantitative estimate of drug-likeness (QED) is 0.817. The number of rotatable bonds is 3. The lowest BCUT2D eigenvalue weighted by molar-refractivity contribution is 0.443. The van der Waals surface area contributed by atoms with Crippen molar-refractivity contribution >= 4 is 17.5 Å². The number of anilines is 3. The Bertz CT molecular complexity index is 742. The second-order valence-corrected chi connectivity index (χ2v) is 7.30. The molecular weight excluding hydrogens is 308 g/mol. The minimum absolute atomic E-state index is 0.581. The summed E-state index contributed by atoms with van der Waals surface area (Å²) < 4.78 is 0. The molecule has 0 aliphatic carbocycles. The van der Waals surface area contributed by atoms with Crippen LogP contribution in [0.2, 0.25) is 0 Å². The third kappa shape index (κ3) is 3.22. The third-order valence-electron chi connectivity index (χ3n) is 5.57. The number of para-hydroxylation sites is 1. The average Bonchev–Trinajstić information content (AvgIpc) is 2.67. The fourth-order valence-electron chi connectivity index (χ4n) is 4.26. The molecule has 1 unspecified atom stereocenters. The Morgan fingerprint density at radius 3 is 2.84 bits per heavy atom. The third-order valence-corrected chi connectivity index (χ3v) is 5.57. The number of fused-ring (bicyclic) bond motifs is 1. The van der Waals surface area contributed by atoms with Crippen LogP contribution in [-0.2, 0) is 6.42 Å². The van der Waals surface area contributed by atoms with Gasteiger partial charge in [-0.05, 0) is 57.1 Å². The number of nitrogens with zero attached hydrogens (tertiary/aromatic N) is 4. The number of hydrogen-bond acceptors (Lipinski definition) is 4. The first-order chi connectivity index (χ1) is 12.3. The Morgan fingerprint density at radius 1 is 1.08 bits per heavy atom. The zero-order valence-corrected chi connectivity index (χ0v) is 15.4. The van der Waals surface area contributed by atoms with Gasteiger partial charge in [0.1, 0.15) is 5.82 Å². The molecule has 1 aromatic heterocycles. The molecular formula is C21H28N4. The van der Waals surface area contributed by atoms with Crippen LogP contribution in [0.1, 0.15) is 50.3 Å². The fraction of sp³-hybridized carbons (Fsp3) is 0.524. The second-order valence-electron chi connectivity index (χ2n) is 7.30. The van der Waals surface area contributed by atoms with E-state index in [1.165, 1.54) is 43.4 Å². The normalized spacial score (nSPS) is 20.5. The van der Waals surface area contributed by atoms with Gasteiger partial charge in [-0.25, -0.2) is 4.98 Å². The van der Waals surface area contributed by atoms with Gasteiger partial charge >= 0.3 is 0 Å². The molecule has 1 fully saturated rings. The maximum absolute atomic E-state index is 5.02. The summed E-state index contributed by atoms with van der Waals surface area (Å²) in [5.41, 5.74) is 3.79. The molecule has 1 atom stereocenters. The van der Waals surface area contributed by atoms with Crippen LogP contribution in [0, 0.1) is 6.92 Å². The van der Waals surface area contributed by atoms with Gasteiger partial charge in [-0.1, -0.05) is 25.1 Å². The van der Waals surface area contributed by atoms with E-state index in [2.05, 4.69) is 54.0 Å². The van der Waals surface area contributed by atoms with Gasteiger partial charge in [-0.2, -0.15) is 4.98 Å². The molecule has 4 nitrogen and oxygen atoms in total. The first-order valence-corrected chi connectivity index (χ1v) is 9.74. The molecule has 3 heterocycles. The van der Waals surface area contributed by atoms with Gasteiger partial charge in [0.25, 0.3) is 0 Å². The maximum atomic E-state index is 5.02. The molecule has 132 valence electrons. The SMILES string of the molecule is CCC1CCCCN1c1nc(C)cc(N2CCCc3ccccc32)n1. The Morgan fingerprint density at radius 2 is 1.96 bits per heavy atom. The fourth-order valence-corrected chi connectivity index (χ4v) is 4.26. The molecule has 1 aromatic carbocycles. The predicted octanol–water partition coefficient (Wildman–Crippen LogP) is 4.64. The number of hydrogen-bond donors (Lipinski definition) is 0. The lowest BCUT2D eigenvalue weighted by atomic mass is 10.0. The van der Waals surface area contributed by atoms with Crippen molar-refractivity contribution in [2.24, 2.45) is 0 Å². The van der Waals surface area contributed by atoms with Crippen LogP contribution in [-0.4, -0.2) is 29.1 Å². The van der Waals surface area contributed by atoms with Crippen LogP contribution in [0.25, 0.3) is 0 Å².